The van der Waals surface area contributed by atoms with Crippen LogP contribution in [-0.4, -0.2) is 43.9 Å². The Morgan fingerprint density at radius 3 is 2.89 bits per heavy atom. The smallest absolute Gasteiger partial charge is 0.412 e. The van der Waals surface area contributed by atoms with Crippen LogP contribution in [0.2, 0.25) is 0 Å². The van der Waals surface area contributed by atoms with Gasteiger partial charge in [0.2, 0.25) is 0 Å². The van der Waals surface area contributed by atoms with Crippen LogP contribution in [0.5, 0.6) is 0 Å². The van der Waals surface area contributed by atoms with Gasteiger partial charge in [0.1, 0.15) is 6.54 Å². The van der Waals surface area contributed by atoms with Crippen molar-refractivity contribution in [1.82, 2.24) is 24.8 Å². The second-order valence-electron chi connectivity index (χ2n) is 3.53. The maximum Gasteiger partial charge on any atom is 0.412 e. The maximum absolute atomic E-state index is 11.8. The molecule has 0 aliphatic carbocycles. The van der Waals surface area contributed by atoms with Crippen molar-refractivity contribution in [1.29, 1.82) is 0 Å². The number of nitrogens with one attached hydrogen (secondary N) is 1. The fourth-order valence-corrected chi connectivity index (χ4v) is 1.27. The van der Waals surface area contributed by atoms with Gasteiger partial charge < -0.3 is 10.5 Å². The fourth-order valence-electron chi connectivity index (χ4n) is 1.27. The molecule has 0 saturated carbocycles. The van der Waals surface area contributed by atoms with Crippen LogP contribution >= 0.6 is 0 Å². The van der Waals surface area contributed by atoms with E-state index in [4.69, 9.17) is 5.73 Å². The lowest BCUT2D eigenvalue weighted by molar-refractivity contribution is 0.0869. The van der Waals surface area contributed by atoms with Gasteiger partial charge in [0.05, 0.1) is 31.4 Å². The third-order valence-electron chi connectivity index (χ3n) is 2.11. The number of rotatable bonds is 3. The molecule has 10 heteroatoms. The number of carbonyl (C=O) groups is 2. The van der Waals surface area contributed by atoms with Crippen molar-refractivity contribution >= 4 is 23.5 Å². The highest BCUT2D eigenvalue weighted by Crippen LogP contribution is 2.02. The molecule has 10 nitrogen and oxygen atoms in total. The van der Waals surface area contributed by atoms with Crippen molar-refractivity contribution in [2.75, 3.05) is 18.2 Å². The van der Waals surface area contributed by atoms with Gasteiger partial charge in [0.15, 0.2) is 5.82 Å². The first-order chi connectivity index (χ1) is 9.08. The monoisotopic (exact) mass is 265 g/mol. The fraction of sp³-hybridized carbons (Fsp3) is 0.222. The number of nitrogens with two attached hydrogens (primary N) is 1. The highest BCUT2D eigenvalue weighted by Gasteiger charge is 2.10. The Bertz CT molecular complexity index is 602. The number of amides is 1. The molecule has 19 heavy (non-hydrogen) atoms. The van der Waals surface area contributed by atoms with Gasteiger partial charge in [0, 0.05) is 0 Å². The molecule has 2 rings (SSSR count). The van der Waals surface area contributed by atoms with Crippen LogP contribution in [0.3, 0.4) is 0 Å². The molecule has 3 N–H and O–H groups in total. The van der Waals surface area contributed by atoms with Crippen LogP contribution in [0.4, 0.5) is 16.3 Å². The molecule has 2 aromatic heterocycles. The van der Waals surface area contributed by atoms with Gasteiger partial charge in [-0.05, 0) is 0 Å². The lowest BCUT2D eigenvalue weighted by Gasteiger charge is -1.99. The zero-order valence-corrected chi connectivity index (χ0v) is 9.98. The minimum atomic E-state index is -0.668. The molecule has 0 bridgehead atoms. The topological polar surface area (TPSA) is 130 Å². The Hall–Kier alpha value is -2.91. The van der Waals surface area contributed by atoms with E-state index < -0.39 is 6.09 Å². The van der Waals surface area contributed by atoms with E-state index in [0.717, 1.165) is 4.68 Å². The van der Waals surface area contributed by atoms with Crippen LogP contribution in [0.15, 0.2) is 18.6 Å². The standard InChI is InChI=1S/C9H11N7O3/c1-19-9(18)12-7-4-15(14-13-7)5-8(17)16-3-6(10)2-11-16/h2-4H,5,10H2,1H3,(H,12,18). The molecule has 0 aliphatic rings. The summed E-state index contributed by atoms with van der Waals surface area (Å²) in [6.07, 6.45) is 3.48. The van der Waals surface area contributed by atoms with E-state index in [1.165, 1.54) is 30.4 Å². The van der Waals surface area contributed by atoms with Gasteiger partial charge >= 0.3 is 6.09 Å². The van der Waals surface area contributed by atoms with E-state index in [9.17, 15) is 9.59 Å². The van der Waals surface area contributed by atoms with Gasteiger partial charge in [0.25, 0.3) is 5.91 Å². The predicted molar refractivity (Wildman–Crippen MR) is 63.3 cm³/mol. The normalized spacial score (nSPS) is 10.2. The second-order valence-corrected chi connectivity index (χ2v) is 3.53. The Labute approximate surface area is 107 Å². The lowest BCUT2D eigenvalue weighted by Crippen LogP contribution is -2.18. The lowest BCUT2D eigenvalue weighted by atomic mass is 10.5. The van der Waals surface area contributed by atoms with Crippen molar-refractivity contribution < 1.29 is 14.3 Å². The van der Waals surface area contributed by atoms with Gasteiger partial charge in [-0.1, -0.05) is 5.21 Å². The SMILES string of the molecule is COC(=O)Nc1cn(CC(=O)n2cc(N)cn2)nn1. The number of carbonyl (C=O) groups excluding carboxylic acids is 2. The largest absolute Gasteiger partial charge is 0.453 e. The third kappa shape index (κ3) is 3.06. The molecular formula is C9H11N7O3. The Morgan fingerprint density at radius 1 is 1.47 bits per heavy atom. The number of aromatic nitrogens is 5. The van der Waals surface area contributed by atoms with Crippen LogP contribution in [0.1, 0.15) is 4.79 Å². The molecule has 0 unspecified atom stereocenters. The molecule has 0 aliphatic heterocycles. The van der Waals surface area contributed by atoms with Gasteiger partial charge in [-0.25, -0.2) is 14.2 Å². The van der Waals surface area contributed by atoms with Crippen molar-refractivity contribution in [3.05, 3.63) is 18.6 Å². The van der Waals surface area contributed by atoms with Crippen LogP contribution in [-0.2, 0) is 11.3 Å². The molecule has 0 fully saturated rings. The number of anilines is 2. The van der Waals surface area contributed by atoms with Crippen molar-refractivity contribution in [2.45, 2.75) is 6.54 Å². The number of hydrogen-bond acceptors (Lipinski definition) is 7. The molecule has 100 valence electrons. The quantitative estimate of drug-likeness (QED) is 0.770. The summed E-state index contributed by atoms with van der Waals surface area (Å²) in [6, 6.07) is 0. The molecule has 1 amide bonds. The maximum atomic E-state index is 11.8. The van der Waals surface area contributed by atoms with Gasteiger partial charge in [-0.15, -0.1) is 5.10 Å². The Kier molecular flexibility index (Phi) is 3.41. The average Bonchev–Trinajstić information content (AvgIpc) is 2.98. The molecule has 2 aromatic rings. The minimum absolute atomic E-state index is 0.0863. The summed E-state index contributed by atoms with van der Waals surface area (Å²) in [7, 11) is 1.23. The summed E-state index contributed by atoms with van der Waals surface area (Å²) >= 11 is 0. The second kappa shape index (κ2) is 5.16. The molecule has 0 atom stereocenters. The zero-order valence-electron chi connectivity index (χ0n) is 9.98. The molecule has 0 saturated heterocycles. The number of nitrogens with zero attached hydrogens (tertiary/aromatic N) is 5. The van der Waals surface area contributed by atoms with Gasteiger partial charge in [-0.2, -0.15) is 5.10 Å². The van der Waals surface area contributed by atoms with E-state index in [-0.39, 0.29) is 18.3 Å². The summed E-state index contributed by atoms with van der Waals surface area (Å²) in [5, 5.41) is 13.4. The summed E-state index contributed by atoms with van der Waals surface area (Å²) < 4.78 is 6.75. The number of methoxy groups -OCH3 is 1. The number of nitrogen functional groups attached to an aromatic ring is 1. The average molecular weight is 265 g/mol. The number of ether oxygens (including phenoxy) is 1. The molecule has 0 spiro atoms. The molecule has 0 radical (unpaired) electrons. The minimum Gasteiger partial charge on any atom is -0.453 e. The first kappa shape index (κ1) is 12.5. The summed E-state index contributed by atoms with van der Waals surface area (Å²) in [4.78, 5) is 22.7. The van der Waals surface area contributed by atoms with Crippen LogP contribution < -0.4 is 11.1 Å². The van der Waals surface area contributed by atoms with Crippen molar-refractivity contribution in [3.63, 3.8) is 0 Å². The van der Waals surface area contributed by atoms with E-state index in [2.05, 4.69) is 25.5 Å². The molecular weight excluding hydrogens is 254 g/mol. The zero-order chi connectivity index (χ0) is 13.8. The summed E-state index contributed by atoms with van der Waals surface area (Å²) in [6.45, 7) is -0.0863. The first-order valence-electron chi connectivity index (χ1n) is 5.17. The van der Waals surface area contributed by atoms with Gasteiger partial charge in [-0.3, -0.25) is 10.1 Å². The van der Waals surface area contributed by atoms with E-state index >= 15 is 0 Å². The Morgan fingerprint density at radius 2 is 2.26 bits per heavy atom. The first-order valence-corrected chi connectivity index (χ1v) is 5.17. The van der Waals surface area contributed by atoms with E-state index in [1.54, 1.807) is 0 Å². The van der Waals surface area contributed by atoms with Crippen molar-refractivity contribution in [3.8, 4) is 0 Å². The highest BCUT2D eigenvalue weighted by atomic mass is 16.5. The third-order valence-corrected chi connectivity index (χ3v) is 2.11. The van der Waals surface area contributed by atoms with Crippen LogP contribution in [0.25, 0.3) is 0 Å². The summed E-state index contributed by atoms with van der Waals surface area (Å²) in [5.41, 5.74) is 5.84. The number of hydrogen-bond donors (Lipinski definition) is 2. The van der Waals surface area contributed by atoms with E-state index in [1.807, 2.05) is 0 Å². The van der Waals surface area contributed by atoms with E-state index in [0.29, 0.717) is 5.69 Å². The van der Waals surface area contributed by atoms with Crippen molar-refractivity contribution in [2.24, 2.45) is 0 Å². The summed E-state index contributed by atoms with van der Waals surface area (Å²) in [5.74, 6) is -0.161. The highest BCUT2D eigenvalue weighted by molar-refractivity contribution is 5.83. The predicted octanol–water partition coefficient (Wildman–Crippen LogP) is -0.425. The van der Waals surface area contributed by atoms with Crippen LogP contribution in [0, 0.1) is 0 Å². The Balaban J connectivity index is 2.00. The molecule has 2 heterocycles. The molecule has 0 aromatic carbocycles.